The fourth-order valence-corrected chi connectivity index (χ4v) is 3.01. The number of ether oxygens (including phenoxy) is 1. The first kappa shape index (κ1) is 16.5. The zero-order valence-electron chi connectivity index (χ0n) is 12.9. The van der Waals surface area contributed by atoms with E-state index < -0.39 is 5.41 Å². The number of amides is 1. The molecule has 0 heterocycles. The molecule has 0 aromatic heterocycles. The number of halogens is 1. The van der Waals surface area contributed by atoms with Crippen molar-refractivity contribution in [2.45, 2.75) is 44.4 Å². The van der Waals surface area contributed by atoms with Crippen molar-refractivity contribution < 1.29 is 18.7 Å². The monoisotopic (exact) mass is 307 g/mol. The van der Waals surface area contributed by atoms with Crippen molar-refractivity contribution >= 4 is 11.9 Å². The lowest BCUT2D eigenvalue weighted by atomic mass is 9.79. The van der Waals surface area contributed by atoms with Crippen LogP contribution in [0.15, 0.2) is 24.3 Å². The zero-order chi connectivity index (χ0) is 16.0. The number of carbonyl (C=O) groups is 2. The highest BCUT2D eigenvalue weighted by Gasteiger charge is 2.44. The SMILES string of the molecule is CC(=O)NCCCOC(=O)C1(c2cccc(F)c2)CCCC1. The van der Waals surface area contributed by atoms with Crippen LogP contribution < -0.4 is 5.32 Å². The highest BCUT2D eigenvalue weighted by molar-refractivity contribution is 5.83. The summed E-state index contributed by atoms with van der Waals surface area (Å²) in [5.41, 5.74) is -0.00677. The van der Waals surface area contributed by atoms with Crippen LogP contribution in [-0.2, 0) is 19.7 Å². The number of hydrogen-bond donors (Lipinski definition) is 1. The summed E-state index contributed by atoms with van der Waals surface area (Å²) in [7, 11) is 0. The Kier molecular flexibility index (Phi) is 5.52. The molecule has 120 valence electrons. The molecule has 1 fully saturated rings. The lowest BCUT2D eigenvalue weighted by molar-refractivity contribution is -0.150. The van der Waals surface area contributed by atoms with Crippen LogP contribution in [0.25, 0.3) is 0 Å². The molecule has 5 heteroatoms. The molecule has 1 saturated carbocycles. The summed E-state index contributed by atoms with van der Waals surface area (Å²) in [5, 5.41) is 2.66. The zero-order valence-corrected chi connectivity index (χ0v) is 12.9. The van der Waals surface area contributed by atoms with E-state index in [1.54, 1.807) is 12.1 Å². The van der Waals surface area contributed by atoms with Gasteiger partial charge in [0.2, 0.25) is 5.91 Å². The molecule has 0 spiro atoms. The molecule has 1 N–H and O–H groups in total. The van der Waals surface area contributed by atoms with Gasteiger partial charge in [0, 0.05) is 13.5 Å². The average molecular weight is 307 g/mol. The minimum absolute atomic E-state index is 0.0987. The van der Waals surface area contributed by atoms with Crippen molar-refractivity contribution in [1.29, 1.82) is 0 Å². The van der Waals surface area contributed by atoms with Crippen molar-refractivity contribution in [3.63, 3.8) is 0 Å². The molecule has 1 aliphatic rings. The topological polar surface area (TPSA) is 55.4 Å². The molecule has 0 radical (unpaired) electrons. The Morgan fingerprint density at radius 1 is 1.32 bits per heavy atom. The first-order chi connectivity index (χ1) is 10.5. The molecule has 22 heavy (non-hydrogen) atoms. The van der Waals surface area contributed by atoms with E-state index in [9.17, 15) is 14.0 Å². The Morgan fingerprint density at radius 3 is 2.68 bits per heavy atom. The largest absolute Gasteiger partial charge is 0.465 e. The third-order valence-electron chi connectivity index (χ3n) is 4.15. The molecule has 1 aromatic carbocycles. The maximum absolute atomic E-state index is 13.5. The summed E-state index contributed by atoms with van der Waals surface area (Å²) in [6.45, 7) is 2.19. The van der Waals surface area contributed by atoms with Gasteiger partial charge in [-0.15, -0.1) is 0 Å². The molecular weight excluding hydrogens is 285 g/mol. The molecule has 0 saturated heterocycles. The molecule has 0 atom stereocenters. The minimum atomic E-state index is -0.712. The van der Waals surface area contributed by atoms with Crippen molar-refractivity contribution in [1.82, 2.24) is 5.32 Å². The normalized spacial score (nSPS) is 16.3. The highest BCUT2D eigenvalue weighted by atomic mass is 19.1. The number of rotatable bonds is 6. The Bertz CT molecular complexity index is 538. The van der Waals surface area contributed by atoms with Crippen molar-refractivity contribution in [2.24, 2.45) is 0 Å². The molecule has 0 bridgehead atoms. The molecule has 1 aromatic rings. The first-order valence-electron chi connectivity index (χ1n) is 7.72. The Balaban J connectivity index is 1.98. The van der Waals surface area contributed by atoms with E-state index in [-0.39, 0.29) is 24.3 Å². The maximum atomic E-state index is 13.5. The van der Waals surface area contributed by atoms with E-state index in [2.05, 4.69) is 5.32 Å². The van der Waals surface area contributed by atoms with E-state index in [1.165, 1.54) is 19.1 Å². The second-order valence-corrected chi connectivity index (χ2v) is 5.77. The Morgan fingerprint density at radius 2 is 2.05 bits per heavy atom. The number of nitrogens with one attached hydrogen (secondary N) is 1. The van der Waals surface area contributed by atoms with Crippen molar-refractivity contribution in [2.75, 3.05) is 13.2 Å². The third kappa shape index (κ3) is 3.84. The minimum Gasteiger partial charge on any atom is -0.465 e. The summed E-state index contributed by atoms with van der Waals surface area (Å²) in [6, 6.07) is 6.25. The van der Waals surface area contributed by atoms with Crippen molar-refractivity contribution in [3.05, 3.63) is 35.6 Å². The molecule has 1 amide bonds. The Hall–Kier alpha value is -1.91. The van der Waals surface area contributed by atoms with Gasteiger partial charge >= 0.3 is 5.97 Å². The van der Waals surface area contributed by atoms with Gasteiger partial charge in [-0.2, -0.15) is 0 Å². The third-order valence-corrected chi connectivity index (χ3v) is 4.15. The van der Waals surface area contributed by atoms with Gasteiger partial charge in [0.1, 0.15) is 5.82 Å². The summed E-state index contributed by atoms with van der Waals surface area (Å²) in [6.07, 6.45) is 3.85. The first-order valence-corrected chi connectivity index (χ1v) is 7.72. The van der Waals surface area contributed by atoms with Gasteiger partial charge < -0.3 is 10.1 Å². The second-order valence-electron chi connectivity index (χ2n) is 5.77. The summed E-state index contributed by atoms with van der Waals surface area (Å²) >= 11 is 0. The van der Waals surface area contributed by atoms with Crippen LogP contribution in [0.3, 0.4) is 0 Å². The predicted octanol–water partition coefficient (Wildman–Crippen LogP) is 2.71. The summed E-state index contributed by atoms with van der Waals surface area (Å²) in [5.74, 6) is -0.709. The van der Waals surface area contributed by atoms with Crippen LogP contribution >= 0.6 is 0 Å². The smallest absolute Gasteiger partial charge is 0.316 e. The number of carbonyl (C=O) groups excluding carboxylic acids is 2. The molecule has 2 rings (SSSR count). The molecule has 0 unspecified atom stereocenters. The van der Waals surface area contributed by atoms with Crippen molar-refractivity contribution in [3.8, 4) is 0 Å². The summed E-state index contributed by atoms with van der Waals surface area (Å²) in [4.78, 5) is 23.3. The Labute approximate surface area is 130 Å². The van der Waals surface area contributed by atoms with Crippen LogP contribution in [0.2, 0.25) is 0 Å². The number of benzene rings is 1. The van der Waals surface area contributed by atoms with Gasteiger partial charge in [0.15, 0.2) is 0 Å². The lowest BCUT2D eigenvalue weighted by Crippen LogP contribution is -2.35. The highest BCUT2D eigenvalue weighted by Crippen LogP contribution is 2.42. The van der Waals surface area contributed by atoms with Gasteiger partial charge in [-0.05, 0) is 37.0 Å². The maximum Gasteiger partial charge on any atom is 0.316 e. The van der Waals surface area contributed by atoms with Crippen LogP contribution in [0.4, 0.5) is 4.39 Å². The van der Waals surface area contributed by atoms with E-state index in [4.69, 9.17) is 4.74 Å². The van der Waals surface area contributed by atoms with Gasteiger partial charge in [-0.1, -0.05) is 25.0 Å². The quantitative estimate of drug-likeness (QED) is 0.649. The second kappa shape index (κ2) is 7.38. The fourth-order valence-electron chi connectivity index (χ4n) is 3.01. The predicted molar refractivity (Wildman–Crippen MR) is 80.8 cm³/mol. The molecule has 4 nitrogen and oxygen atoms in total. The molecule has 0 aliphatic heterocycles. The summed E-state index contributed by atoms with van der Waals surface area (Å²) < 4.78 is 18.9. The van der Waals surface area contributed by atoms with Gasteiger partial charge in [0.25, 0.3) is 0 Å². The van der Waals surface area contributed by atoms with Crippen LogP contribution in [-0.4, -0.2) is 25.0 Å². The van der Waals surface area contributed by atoms with E-state index >= 15 is 0 Å². The van der Waals surface area contributed by atoms with E-state index in [0.717, 1.165) is 12.8 Å². The average Bonchev–Trinajstić information content (AvgIpc) is 2.97. The lowest BCUT2D eigenvalue weighted by Gasteiger charge is -2.27. The van der Waals surface area contributed by atoms with Crippen LogP contribution in [0.5, 0.6) is 0 Å². The number of hydrogen-bond acceptors (Lipinski definition) is 3. The van der Waals surface area contributed by atoms with Crippen LogP contribution in [0.1, 0.15) is 44.6 Å². The van der Waals surface area contributed by atoms with E-state index in [0.29, 0.717) is 31.4 Å². The fraction of sp³-hybridized carbons (Fsp3) is 0.529. The molecular formula is C17H22FNO3. The molecule has 1 aliphatic carbocycles. The van der Waals surface area contributed by atoms with E-state index in [1.807, 2.05) is 0 Å². The van der Waals surface area contributed by atoms with Gasteiger partial charge in [0.05, 0.1) is 12.0 Å². The van der Waals surface area contributed by atoms with Gasteiger partial charge in [-0.3, -0.25) is 9.59 Å². The van der Waals surface area contributed by atoms with Gasteiger partial charge in [-0.25, -0.2) is 4.39 Å². The number of esters is 1. The standard InChI is InChI=1S/C17H22FNO3/c1-13(20)19-10-5-11-22-16(21)17(8-2-3-9-17)14-6-4-7-15(18)12-14/h4,6-7,12H,2-3,5,8-11H2,1H3,(H,19,20). The van der Waals surface area contributed by atoms with Crippen LogP contribution in [0, 0.1) is 5.82 Å².